The summed E-state index contributed by atoms with van der Waals surface area (Å²) in [6.45, 7) is 0. The molecule has 0 radical (unpaired) electrons. The van der Waals surface area contributed by atoms with Crippen molar-refractivity contribution in [2.45, 2.75) is 18.5 Å². The van der Waals surface area contributed by atoms with Gasteiger partial charge >= 0.3 is 6.18 Å². The van der Waals surface area contributed by atoms with Crippen LogP contribution in [0.3, 0.4) is 0 Å². The minimum Gasteiger partial charge on any atom is -0.254 e. The van der Waals surface area contributed by atoms with Crippen molar-refractivity contribution in [2.75, 3.05) is 0 Å². The highest BCUT2D eigenvalue weighted by atomic mass is 35.5. The van der Waals surface area contributed by atoms with Crippen LogP contribution >= 0.6 is 11.6 Å². The number of pyridine rings is 1. The van der Waals surface area contributed by atoms with Gasteiger partial charge in [0.15, 0.2) is 0 Å². The molecule has 0 N–H and O–H groups in total. The van der Waals surface area contributed by atoms with Crippen LogP contribution in [0.4, 0.5) is 22.0 Å². The van der Waals surface area contributed by atoms with E-state index in [0.29, 0.717) is 6.20 Å². The number of nitrogens with zero attached hydrogens (tertiary/aromatic N) is 2. The molecule has 0 saturated carbocycles. The Labute approximate surface area is 97.6 Å². The molecule has 0 aliphatic heterocycles. The van der Waals surface area contributed by atoms with Crippen LogP contribution < -0.4 is 0 Å². The van der Waals surface area contributed by atoms with Crippen molar-refractivity contribution < 1.29 is 22.0 Å². The fourth-order valence-corrected chi connectivity index (χ4v) is 1.57. The zero-order valence-electron chi connectivity index (χ0n) is 8.02. The molecule has 1 aromatic rings. The van der Waals surface area contributed by atoms with Gasteiger partial charge in [0.1, 0.15) is 11.8 Å². The molecular formula is C9H4ClF5N2. The van der Waals surface area contributed by atoms with Crippen LogP contribution in [0.2, 0.25) is 0 Å². The van der Waals surface area contributed by atoms with Crippen molar-refractivity contribution in [3.63, 3.8) is 0 Å². The van der Waals surface area contributed by atoms with E-state index in [4.69, 9.17) is 16.9 Å². The molecule has 0 aliphatic carbocycles. The Bertz CT molecular complexity index is 464. The van der Waals surface area contributed by atoms with Gasteiger partial charge in [-0.3, -0.25) is 4.98 Å². The van der Waals surface area contributed by atoms with Gasteiger partial charge in [0.2, 0.25) is 0 Å². The van der Waals surface area contributed by atoms with Gasteiger partial charge in [-0.05, 0) is 0 Å². The van der Waals surface area contributed by atoms with Gasteiger partial charge in [0.25, 0.3) is 6.43 Å². The summed E-state index contributed by atoms with van der Waals surface area (Å²) in [6, 6.07) is 1.26. The Kier molecular flexibility index (Phi) is 3.88. The lowest BCUT2D eigenvalue weighted by Crippen LogP contribution is -2.15. The van der Waals surface area contributed by atoms with E-state index in [9.17, 15) is 22.0 Å². The maximum atomic E-state index is 12.6. The first-order valence-electron chi connectivity index (χ1n) is 4.16. The second-order valence-corrected chi connectivity index (χ2v) is 3.22. The first-order valence-corrected chi connectivity index (χ1v) is 4.69. The standard InChI is InChI=1S/C9H4ClF5N2/c10-1-5-6(9(13,14)15)4(2-16)3-17-7(5)8(11)12/h3,8H,1H2. The van der Waals surface area contributed by atoms with E-state index >= 15 is 0 Å². The van der Waals surface area contributed by atoms with E-state index in [0.717, 1.165) is 0 Å². The Hall–Kier alpha value is -1.42. The van der Waals surface area contributed by atoms with E-state index < -0.39 is 40.9 Å². The normalized spacial score (nSPS) is 11.6. The van der Waals surface area contributed by atoms with Gasteiger partial charge in [-0.2, -0.15) is 18.4 Å². The Morgan fingerprint density at radius 2 is 2.00 bits per heavy atom. The fraction of sp³-hybridized carbons (Fsp3) is 0.333. The van der Waals surface area contributed by atoms with Crippen molar-refractivity contribution in [1.82, 2.24) is 4.98 Å². The molecule has 1 aromatic heterocycles. The molecule has 0 aromatic carbocycles. The summed E-state index contributed by atoms with van der Waals surface area (Å²) in [5.74, 6) is -0.795. The fourth-order valence-electron chi connectivity index (χ4n) is 1.30. The highest BCUT2D eigenvalue weighted by molar-refractivity contribution is 6.17. The lowest BCUT2D eigenvalue weighted by molar-refractivity contribution is -0.138. The molecule has 0 fully saturated rings. The number of halogens is 6. The first kappa shape index (κ1) is 13.6. The van der Waals surface area contributed by atoms with Gasteiger partial charge in [-0.25, -0.2) is 8.78 Å². The Morgan fingerprint density at radius 1 is 1.41 bits per heavy atom. The summed E-state index contributed by atoms with van der Waals surface area (Å²) in [7, 11) is 0. The van der Waals surface area contributed by atoms with Crippen molar-refractivity contribution >= 4 is 11.6 Å². The molecule has 0 atom stereocenters. The predicted molar refractivity (Wildman–Crippen MR) is 48.5 cm³/mol. The van der Waals surface area contributed by atoms with E-state index in [2.05, 4.69) is 4.98 Å². The van der Waals surface area contributed by atoms with Gasteiger partial charge in [-0.15, -0.1) is 11.6 Å². The first-order chi connectivity index (χ1) is 7.82. The van der Waals surface area contributed by atoms with Crippen LogP contribution in [0.1, 0.15) is 28.8 Å². The molecule has 0 amide bonds. The van der Waals surface area contributed by atoms with Crippen LogP contribution in [0, 0.1) is 11.3 Å². The van der Waals surface area contributed by atoms with Gasteiger partial charge in [-0.1, -0.05) is 0 Å². The summed E-state index contributed by atoms with van der Waals surface area (Å²) in [4.78, 5) is 3.14. The minimum atomic E-state index is -4.93. The minimum absolute atomic E-state index is 0.473. The van der Waals surface area contributed by atoms with E-state index in [1.54, 1.807) is 0 Å². The number of alkyl halides is 6. The zero-order valence-corrected chi connectivity index (χ0v) is 8.78. The Balaban J connectivity index is 3.63. The average Bonchev–Trinajstić information content (AvgIpc) is 2.25. The van der Waals surface area contributed by atoms with Crippen LogP contribution in [0.5, 0.6) is 0 Å². The SMILES string of the molecule is N#Cc1cnc(C(F)F)c(CCl)c1C(F)(F)F. The number of hydrogen-bond donors (Lipinski definition) is 0. The largest absolute Gasteiger partial charge is 0.418 e. The summed E-state index contributed by atoms with van der Waals surface area (Å²) in [5.41, 5.74) is -4.17. The molecule has 0 bridgehead atoms. The average molecular weight is 271 g/mol. The summed E-state index contributed by atoms with van der Waals surface area (Å²) < 4.78 is 62.8. The third kappa shape index (κ3) is 2.64. The van der Waals surface area contributed by atoms with Gasteiger partial charge in [0.05, 0.1) is 17.0 Å². The summed E-state index contributed by atoms with van der Waals surface area (Å²) in [6.07, 6.45) is -7.64. The monoisotopic (exact) mass is 270 g/mol. The van der Waals surface area contributed by atoms with Crippen LogP contribution in [-0.4, -0.2) is 4.98 Å². The molecule has 2 nitrogen and oxygen atoms in total. The van der Waals surface area contributed by atoms with Crippen molar-refractivity contribution in [2.24, 2.45) is 0 Å². The second kappa shape index (κ2) is 4.84. The Morgan fingerprint density at radius 3 is 2.35 bits per heavy atom. The van der Waals surface area contributed by atoms with Crippen LogP contribution in [0.15, 0.2) is 6.20 Å². The lowest BCUT2D eigenvalue weighted by atomic mass is 10.0. The molecule has 0 aliphatic rings. The third-order valence-corrected chi connectivity index (χ3v) is 2.22. The van der Waals surface area contributed by atoms with E-state index in [1.165, 1.54) is 6.07 Å². The van der Waals surface area contributed by atoms with E-state index in [1.807, 2.05) is 0 Å². The number of nitriles is 1. The molecule has 0 saturated heterocycles. The highest BCUT2D eigenvalue weighted by Crippen LogP contribution is 2.38. The van der Waals surface area contributed by atoms with Crippen molar-refractivity contribution in [3.05, 3.63) is 28.6 Å². The molecule has 0 spiro atoms. The number of aromatic nitrogens is 1. The molecule has 1 rings (SSSR count). The molecule has 1 heterocycles. The molecule has 92 valence electrons. The molecule has 17 heavy (non-hydrogen) atoms. The maximum Gasteiger partial charge on any atom is 0.418 e. The predicted octanol–water partition coefficient (Wildman–Crippen LogP) is 3.65. The second-order valence-electron chi connectivity index (χ2n) is 2.95. The quantitative estimate of drug-likeness (QED) is 0.607. The third-order valence-electron chi connectivity index (χ3n) is 1.96. The molecular weight excluding hydrogens is 267 g/mol. The van der Waals surface area contributed by atoms with Crippen LogP contribution in [0.25, 0.3) is 0 Å². The maximum absolute atomic E-state index is 12.6. The summed E-state index contributed by atoms with van der Waals surface area (Å²) in [5, 5.41) is 8.51. The molecule has 0 unspecified atom stereocenters. The summed E-state index contributed by atoms with van der Waals surface area (Å²) >= 11 is 5.23. The van der Waals surface area contributed by atoms with Crippen LogP contribution in [-0.2, 0) is 12.1 Å². The van der Waals surface area contributed by atoms with E-state index in [-0.39, 0.29) is 0 Å². The van der Waals surface area contributed by atoms with Gasteiger partial charge in [0, 0.05) is 11.8 Å². The number of rotatable bonds is 2. The highest BCUT2D eigenvalue weighted by Gasteiger charge is 2.38. The van der Waals surface area contributed by atoms with Crippen molar-refractivity contribution in [3.8, 4) is 6.07 Å². The van der Waals surface area contributed by atoms with Gasteiger partial charge < -0.3 is 0 Å². The smallest absolute Gasteiger partial charge is 0.254 e. The molecule has 8 heteroatoms. The zero-order chi connectivity index (χ0) is 13.2. The number of hydrogen-bond acceptors (Lipinski definition) is 2. The lowest BCUT2D eigenvalue weighted by Gasteiger charge is -2.15. The van der Waals surface area contributed by atoms with Crippen molar-refractivity contribution in [1.29, 1.82) is 5.26 Å². The topological polar surface area (TPSA) is 36.7 Å².